The van der Waals surface area contributed by atoms with E-state index in [-0.39, 0.29) is 22.6 Å². The molecule has 0 saturated heterocycles. The molecular formula is C18H20O4. The van der Waals surface area contributed by atoms with Crippen LogP contribution in [0.1, 0.15) is 41.3 Å². The third-order valence-electron chi connectivity index (χ3n) is 3.38. The molecule has 0 spiro atoms. The highest BCUT2D eigenvalue weighted by Crippen LogP contribution is 2.29. The molecule has 0 aliphatic heterocycles. The number of carbonyl (C=O) groups excluding carboxylic acids is 1. The summed E-state index contributed by atoms with van der Waals surface area (Å²) < 4.78 is 5.49. The van der Waals surface area contributed by atoms with Crippen molar-refractivity contribution < 1.29 is 19.7 Å². The van der Waals surface area contributed by atoms with Gasteiger partial charge in [-0.15, -0.1) is 0 Å². The smallest absolute Gasteiger partial charge is 0.200 e. The number of benzene rings is 2. The summed E-state index contributed by atoms with van der Waals surface area (Å²) in [7, 11) is 0. The summed E-state index contributed by atoms with van der Waals surface area (Å²) in [5.41, 5.74) is 1.17. The van der Waals surface area contributed by atoms with Gasteiger partial charge in [-0.05, 0) is 43.2 Å². The van der Waals surface area contributed by atoms with Gasteiger partial charge in [0.15, 0.2) is 5.78 Å². The Balaban J connectivity index is 2.23. The molecule has 0 amide bonds. The van der Waals surface area contributed by atoms with Crippen molar-refractivity contribution in [3.63, 3.8) is 0 Å². The Hall–Kier alpha value is -2.49. The van der Waals surface area contributed by atoms with Crippen LogP contribution < -0.4 is 4.74 Å². The summed E-state index contributed by atoms with van der Waals surface area (Å²) in [4.78, 5) is 12.4. The van der Waals surface area contributed by atoms with Gasteiger partial charge in [0.05, 0.1) is 17.7 Å². The molecule has 0 atom stereocenters. The molecule has 2 N–H and O–H groups in total. The summed E-state index contributed by atoms with van der Waals surface area (Å²) in [5, 5.41) is 19.9. The van der Waals surface area contributed by atoms with Crippen molar-refractivity contribution in [2.24, 2.45) is 0 Å². The standard InChI is InChI=1S/C18H20O4/c1-3-4-9-22-13-6-8-15(17(20)11-13)18(21)14-7-5-12(2)10-16(14)19/h5-8,10-11,19-20H,3-4,9H2,1-2H3. The summed E-state index contributed by atoms with van der Waals surface area (Å²) in [6.45, 7) is 4.46. The lowest BCUT2D eigenvalue weighted by atomic mass is 10.0. The zero-order valence-electron chi connectivity index (χ0n) is 12.8. The third-order valence-corrected chi connectivity index (χ3v) is 3.38. The molecule has 22 heavy (non-hydrogen) atoms. The van der Waals surface area contributed by atoms with Gasteiger partial charge in [0.2, 0.25) is 0 Å². The lowest BCUT2D eigenvalue weighted by Gasteiger charge is -2.09. The highest BCUT2D eigenvalue weighted by molar-refractivity contribution is 6.12. The van der Waals surface area contributed by atoms with Gasteiger partial charge in [0, 0.05) is 6.07 Å². The van der Waals surface area contributed by atoms with Gasteiger partial charge in [0.1, 0.15) is 17.2 Å². The Bertz CT molecular complexity index is 677. The van der Waals surface area contributed by atoms with Gasteiger partial charge in [-0.1, -0.05) is 19.4 Å². The van der Waals surface area contributed by atoms with Crippen molar-refractivity contribution in [2.45, 2.75) is 26.7 Å². The SMILES string of the molecule is CCCCOc1ccc(C(=O)c2ccc(C)cc2O)c(O)c1. The average molecular weight is 300 g/mol. The van der Waals surface area contributed by atoms with Crippen LogP contribution in [0.25, 0.3) is 0 Å². The molecule has 0 radical (unpaired) electrons. The van der Waals surface area contributed by atoms with E-state index in [0.29, 0.717) is 12.4 Å². The van der Waals surface area contributed by atoms with E-state index in [1.165, 1.54) is 18.2 Å². The van der Waals surface area contributed by atoms with Crippen molar-refractivity contribution in [1.29, 1.82) is 0 Å². The summed E-state index contributed by atoms with van der Waals surface area (Å²) >= 11 is 0. The predicted molar refractivity (Wildman–Crippen MR) is 84.8 cm³/mol. The van der Waals surface area contributed by atoms with E-state index in [9.17, 15) is 15.0 Å². The Morgan fingerprint density at radius 2 is 1.68 bits per heavy atom. The molecule has 4 heteroatoms. The molecule has 2 aromatic carbocycles. The topological polar surface area (TPSA) is 66.8 Å². The lowest BCUT2D eigenvalue weighted by Crippen LogP contribution is -2.03. The van der Waals surface area contributed by atoms with E-state index in [1.54, 1.807) is 18.2 Å². The van der Waals surface area contributed by atoms with Crippen LogP contribution in [0.5, 0.6) is 17.2 Å². The number of phenols is 2. The third kappa shape index (κ3) is 3.58. The molecule has 0 bridgehead atoms. The Morgan fingerprint density at radius 3 is 2.27 bits per heavy atom. The zero-order valence-corrected chi connectivity index (χ0v) is 12.8. The highest BCUT2D eigenvalue weighted by Gasteiger charge is 2.17. The maximum atomic E-state index is 12.4. The summed E-state index contributed by atoms with van der Waals surface area (Å²) in [6, 6.07) is 9.40. The molecule has 0 fully saturated rings. The molecule has 2 aromatic rings. The van der Waals surface area contributed by atoms with E-state index < -0.39 is 5.78 Å². The molecule has 0 aliphatic rings. The lowest BCUT2D eigenvalue weighted by molar-refractivity contribution is 0.103. The molecular weight excluding hydrogens is 280 g/mol. The molecule has 0 heterocycles. The Kier molecular flexibility index (Phi) is 5.04. The first-order chi connectivity index (χ1) is 10.5. The van der Waals surface area contributed by atoms with Gasteiger partial charge < -0.3 is 14.9 Å². The van der Waals surface area contributed by atoms with Crippen molar-refractivity contribution >= 4 is 5.78 Å². The minimum absolute atomic E-state index is 0.0901. The second-order valence-electron chi connectivity index (χ2n) is 5.23. The molecule has 116 valence electrons. The fourth-order valence-corrected chi connectivity index (χ4v) is 2.11. The number of phenolic OH excluding ortho intramolecular Hbond substituents is 2. The monoisotopic (exact) mass is 300 g/mol. The first-order valence-corrected chi connectivity index (χ1v) is 7.33. The van der Waals surface area contributed by atoms with Crippen LogP contribution in [0.2, 0.25) is 0 Å². The fourth-order valence-electron chi connectivity index (χ4n) is 2.11. The fraction of sp³-hybridized carbons (Fsp3) is 0.278. The van der Waals surface area contributed by atoms with Crippen molar-refractivity contribution in [1.82, 2.24) is 0 Å². The van der Waals surface area contributed by atoms with Gasteiger partial charge in [-0.3, -0.25) is 4.79 Å². The largest absolute Gasteiger partial charge is 0.507 e. The van der Waals surface area contributed by atoms with Crippen LogP contribution in [0.3, 0.4) is 0 Å². The van der Waals surface area contributed by atoms with Crippen molar-refractivity contribution in [2.75, 3.05) is 6.61 Å². The van der Waals surface area contributed by atoms with Crippen LogP contribution in [0, 0.1) is 6.92 Å². The summed E-state index contributed by atoms with van der Waals surface area (Å²) in [6.07, 6.45) is 1.95. The highest BCUT2D eigenvalue weighted by atomic mass is 16.5. The molecule has 2 rings (SSSR count). The van der Waals surface area contributed by atoms with E-state index in [0.717, 1.165) is 18.4 Å². The maximum Gasteiger partial charge on any atom is 0.200 e. The maximum absolute atomic E-state index is 12.4. The van der Waals surface area contributed by atoms with E-state index in [2.05, 4.69) is 6.92 Å². The number of unbranched alkanes of at least 4 members (excludes halogenated alkanes) is 1. The minimum Gasteiger partial charge on any atom is -0.507 e. The number of carbonyl (C=O) groups is 1. The van der Waals surface area contributed by atoms with Gasteiger partial charge in [-0.25, -0.2) is 0 Å². The first kappa shape index (κ1) is 15.9. The van der Waals surface area contributed by atoms with Crippen molar-refractivity contribution in [3.8, 4) is 17.2 Å². The van der Waals surface area contributed by atoms with Crippen LogP contribution in [0.4, 0.5) is 0 Å². The zero-order chi connectivity index (χ0) is 16.1. The quantitative estimate of drug-likeness (QED) is 0.628. The Morgan fingerprint density at radius 1 is 1.05 bits per heavy atom. The second kappa shape index (κ2) is 6.98. The van der Waals surface area contributed by atoms with Crippen LogP contribution in [-0.2, 0) is 0 Å². The molecule has 0 aromatic heterocycles. The predicted octanol–water partition coefficient (Wildman–Crippen LogP) is 3.82. The van der Waals surface area contributed by atoms with Crippen molar-refractivity contribution in [3.05, 3.63) is 53.1 Å². The van der Waals surface area contributed by atoms with Crippen LogP contribution in [0.15, 0.2) is 36.4 Å². The minimum atomic E-state index is -0.421. The van der Waals surface area contributed by atoms with E-state index in [1.807, 2.05) is 6.92 Å². The first-order valence-electron chi connectivity index (χ1n) is 7.33. The molecule has 0 unspecified atom stereocenters. The number of hydrogen-bond donors (Lipinski definition) is 2. The number of ether oxygens (including phenoxy) is 1. The molecule has 0 saturated carbocycles. The van der Waals surface area contributed by atoms with Gasteiger partial charge >= 0.3 is 0 Å². The average Bonchev–Trinajstić information content (AvgIpc) is 2.47. The summed E-state index contributed by atoms with van der Waals surface area (Å²) in [5.74, 6) is -0.141. The normalized spacial score (nSPS) is 10.5. The number of hydrogen-bond acceptors (Lipinski definition) is 4. The molecule has 0 aliphatic carbocycles. The van der Waals surface area contributed by atoms with E-state index >= 15 is 0 Å². The number of aryl methyl sites for hydroxylation is 1. The second-order valence-corrected chi connectivity index (χ2v) is 5.23. The van der Waals surface area contributed by atoms with Gasteiger partial charge in [0.25, 0.3) is 0 Å². The number of ketones is 1. The number of rotatable bonds is 6. The van der Waals surface area contributed by atoms with Gasteiger partial charge in [-0.2, -0.15) is 0 Å². The Labute approximate surface area is 130 Å². The van der Waals surface area contributed by atoms with Crippen LogP contribution in [-0.4, -0.2) is 22.6 Å². The number of aromatic hydroxyl groups is 2. The molecule has 4 nitrogen and oxygen atoms in total. The van der Waals surface area contributed by atoms with Crippen LogP contribution >= 0.6 is 0 Å². The van der Waals surface area contributed by atoms with E-state index in [4.69, 9.17) is 4.74 Å².